The molecular formula is C17H14O4. The molecule has 2 aromatic carbocycles. The van der Waals surface area contributed by atoms with Gasteiger partial charge in [0.1, 0.15) is 11.3 Å². The number of rotatable bonds is 2. The molecule has 0 saturated carbocycles. The van der Waals surface area contributed by atoms with Crippen LogP contribution < -0.4 is 10.2 Å². The molecule has 0 fully saturated rings. The highest BCUT2D eigenvalue weighted by atomic mass is 16.5. The fraction of sp³-hybridized carbons (Fsp3) is 0.176. The van der Waals surface area contributed by atoms with Crippen molar-refractivity contribution in [3.8, 4) is 5.75 Å². The highest BCUT2D eigenvalue weighted by molar-refractivity contribution is 6.08. The second kappa shape index (κ2) is 4.74. The standard InChI is InChI=1S/C17H14O4/c1-9-16(19)15-12-5-4-6-13(20-3)11(12)7-8-14(15)21-17(9)10(2)18/h4-8H,1-3H3. The summed E-state index contributed by atoms with van der Waals surface area (Å²) in [7, 11) is 1.59. The van der Waals surface area contributed by atoms with Crippen LogP contribution in [0.2, 0.25) is 0 Å². The lowest BCUT2D eigenvalue weighted by Crippen LogP contribution is -2.11. The summed E-state index contributed by atoms with van der Waals surface area (Å²) in [5, 5.41) is 2.09. The first-order valence-corrected chi connectivity index (χ1v) is 6.58. The minimum Gasteiger partial charge on any atom is -0.496 e. The van der Waals surface area contributed by atoms with Crippen LogP contribution in [-0.2, 0) is 0 Å². The average Bonchev–Trinajstić information content (AvgIpc) is 2.49. The molecule has 0 unspecified atom stereocenters. The quantitative estimate of drug-likeness (QED) is 0.533. The zero-order valence-electron chi connectivity index (χ0n) is 12.0. The number of hydrogen-bond donors (Lipinski definition) is 0. The fourth-order valence-corrected chi connectivity index (χ4v) is 2.62. The van der Waals surface area contributed by atoms with E-state index in [2.05, 4.69) is 0 Å². The number of benzene rings is 2. The Labute approximate surface area is 120 Å². The van der Waals surface area contributed by atoms with E-state index >= 15 is 0 Å². The monoisotopic (exact) mass is 282 g/mol. The Morgan fingerprint density at radius 1 is 1.14 bits per heavy atom. The number of carbonyl (C=O) groups excluding carboxylic acids is 1. The molecule has 0 radical (unpaired) electrons. The summed E-state index contributed by atoms with van der Waals surface area (Å²) in [5.41, 5.74) is 0.571. The van der Waals surface area contributed by atoms with Crippen molar-refractivity contribution in [3.05, 3.63) is 51.9 Å². The largest absolute Gasteiger partial charge is 0.496 e. The Kier molecular flexibility index (Phi) is 3.01. The Morgan fingerprint density at radius 2 is 1.90 bits per heavy atom. The van der Waals surface area contributed by atoms with Crippen molar-refractivity contribution in [2.75, 3.05) is 7.11 Å². The van der Waals surface area contributed by atoms with Gasteiger partial charge in [0.15, 0.2) is 17.0 Å². The molecular weight excluding hydrogens is 268 g/mol. The van der Waals surface area contributed by atoms with Crippen molar-refractivity contribution in [1.29, 1.82) is 0 Å². The highest BCUT2D eigenvalue weighted by Crippen LogP contribution is 2.30. The molecule has 0 aliphatic carbocycles. The van der Waals surface area contributed by atoms with Crippen LogP contribution in [0.25, 0.3) is 21.7 Å². The highest BCUT2D eigenvalue weighted by Gasteiger charge is 2.16. The summed E-state index contributed by atoms with van der Waals surface area (Å²) >= 11 is 0. The van der Waals surface area contributed by atoms with Gasteiger partial charge < -0.3 is 9.15 Å². The van der Waals surface area contributed by atoms with Crippen LogP contribution in [0, 0.1) is 6.92 Å². The molecule has 1 aromatic heterocycles. The number of ether oxygens (including phenoxy) is 1. The van der Waals surface area contributed by atoms with E-state index in [9.17, 15) is 9.59 Å². The molecule has 4 nitrogen and oxygen atoms in total. The molecule has 4 heteroatoms. The number of carbonyl (C=O) groups is 1. The van der Waals surface area contributed by atoms with Crippen molar-refractivity contribution in [3.63, 3.8) is 0 Å². The molecule has 0 saturated heterocycles. The van der Waals surface area contributed by atoms with Gasteiger partial charge in [-0.15, -0.1) is 0 Å². The van der Waals surface area contributed by atoms with Gasteiger partial charge in [-0.3, -0.25) is 9.59 Å². The molecule has 0 amide bonds. The number of methoxy groups -OCH3 is 1. The summed E-state index contributed by atoms with van der Waals surface area (Å²) in [4.78, 5) is 24.2. The Balaban J connectivity index is 2.55. The Hall–Kier alpha value is -2.62. The maximum Gasteiger partial charge on any atom is 0.196 e. The first-order valence-electron chi connectivity index (χ1n) is 6.58. The van der Waals surface area contributed by atoms with Gasteiger partial charge in [0.25, 0.3) is 0 Å². The Bertz CT molecular complexity index is 935. The fourth-order valence-electron chi connectivity index (χ4n) is 2.62. The van der Waals surface area contributed by atoms with Crippen LogP contribution in [0.1, 0.15) is 23.0 Å². The molecule has 106 valence electrons. The van der Waals surface area contributed by atoms with Crippen LogP contribution >= 0.6 is 0 Å². The van der Waals surface area contributed by atoms with Crippen LogP contribution in [0.3, 0.4) is 0 Å². The second-order valence-electron chi connectivity index (χ2n) is 4.94. The lowest BCUT2D eigenvalue weighted by atomic mass is 10.0. The number of Topliss-reactive ketones (excluding diaryl/α,β-unsaturated/α-hetero) is 1. The van der Waals surface area contributed by atoms with Crippen molar-refractivity contribution in [2.24, 2.45) is 0 Å². The van der Waals surface area contributed by atoms with Crippen LogP contribution in [-0.4, -0.2) is 12.9 Å². The van der Waals surface area contributed by atoms with E-state index in [1.807, 2.05) is 24.3 Å². The second-order valence-corrected chi connectivity index (χ2v) is 4.94. The van der Waals surface area contributed by atoms with Crippen molar-refractivity contribution < 1.29 is 13.9 Å². The topological polar surface area (TPSA) is 56.5 Å². The van der Waals surface area contributed by atoms with E-state index in [0.717, 1.165) is 10.8 Å². The molecule has 0 aliphatic rings. The Morgan fingerprint density at radius 3 is 2.57 bits per heavy atom. The van der Waals surface area contributed by atoms with Gasteiger partial charge in [0.05, 0.1) is 12.5 Å². The predicted molar refractivity (Wildman–Crippen MR) is 81.3 cm³/mol. The molecule has 0 aliphatic heterocycles. The summed E-state index contributed by atoms with van der Waals surface area (Å²) in [5.74, 6) is 0.564. The third-order valence-electron chi connectivity index (χ3n) is 3.64. The van der Waals surface area contributed by atoms with Crippen LogP contribution in [0.15, 0.2) is 39.5 Å². The van der Waals surface area contributed by atoms with Gasteiger partial charge in [-0.1, -0.05) is 12.1 Å². The molecule has 3 aromatic rings. The number of fused-ring (bicyclic) bond motifs is 3. The first-order chi connectivity index (χ1) is 10.0. The van der Waals surface area contributed by atoms with E-state index in [1.165, 1.54) is 6.92 Å². The van der Waals surface area contributed by atoms with E-state index in [-0.39, 0.29) is 17.0 Å². The lowest BCUT2D eigenvalue weighted by Gasteiger charge is -2.09. The first kappa shape index (κ1) is 13.4. The summed E-state index contributed by atoms with van der Waals surface area (Å²) in [6.07, 6.45) is 0. The van der Waals surface area contributed by atoms with Crippen LogP contribution in [0.4, 0.5) is 0 Å². The molecule has 1 heterocycles. The van der Waals surface area contributed by atoms with E-state index < -0.39 is 0 Å². The van der Waals surface area contributed by atoms with Gasteiger partial charge in [0, 0.05) is 23.3 Å². The summed E-state index contributed by atoms with van der Waals surface area (Å²) < 4.78 is 10.9. The van der Waals surface area contributed by atoms with Crippen LogP contribution in [0.5, 0.6) is 5.75 Å². The third-order valence-corrected chi connectivity index (χ3v) is 3.64. The predicted octanol–water partition coefficient (Wildman–Crippen LogP) is 3.47. The zero-order chi connectivity index (χ0) is 15.1. The molecule has 0 spiro atoms. The minimum atomic E-state index is -0.253. The molecule has 0 atom stereocenters. The van der Waals surface area contributed by atoms with Crippen molar-refractivity contribution >= 4 is 27.5 Å². The maximum atomic E-state index is 12.6. The van der Waals surface area contributed by atoms with Gasteiger partial charge >= 0.3 is 0 Å². The van der Waals surface area contributed by atoms with E-state index in [0.29, 0.717) is 22.3 Å². The maximum absolute atomic E-state index is 12.6. The lowest BCUT2D eigenvalue weighted by molar-refractivity contribution is 0.0987. The SMILES string of the molecule is COc1cccc2c1ccc1oc(C(C)=O)c(C)c(=O)c12. The van der Waals surface area contributed by atoms with Crippen molar-refractivity contribution in [1.82, 2.24) is 0 Å². The number of hydrogen-bond acceptors (Lipinski definition) is 4. The third kappa shape index (κ3) is 1.91. The molecule has 21 heavy (non-hydrogen) atoms. The van der Waals surface area contributed by atoms with Gasteiger partial charge in [0.2, 0.25) is 0 Å². The van der Waals surface area contributed by atoms with E-state index in [4.69, 9.17) is 9.15 Å². The molecule has 0 bridgehead atoms. The van der Waals surface area contributed by atoms with Gasteiger partial charge in [-0.2, -0.15) is 0 Å². The summed E-state index contributed by atoms with van der Waals surface area (Å²) in [6, 6.07) is 9.05. The normalized spacial score (nSPS) is 11.0. The molecule has 0 N–H and O–H groups in total. The van der Waals surface area contributed by atoms with E-state index in [1.54, 1.807) is 20.1 Å². The van der Waals surface area contributed by atoms with Crippen molar-refractivity contribution in [2.45, 2.75) is 13.8 Å². The van der Waals surface area contributed by atoms with Gasteiger partial charge in [-0.05, 0) is 25.1 Å². The minimum absolute atomic E-state index is 0.120. The van der Waals surface area contributed by atoms with Gasteiger partial charge in [-0.25, -0.2) is 0 Å². The average molecular weight is 282 g/mol. The summed E-state index contributed by atoms with van der Waals surface area (Å²) in [6.45, 7) is 3.00. The smallest absolute Gasteiger partial charge is 0.196 e. The number of ketones is 1. The zero-order valence-corrected chi connectivity index (χ0v) is 12.0. The molecule has 3 rings (SSSR count).